The number of nitrogens with zero attached hydrogens (tertiary/aromatic N) is 1. The Bertz CT molecular complexity index is 941. The largest absolute Gasteiger partial charge is 0.497 e. The van der Waals surface area contributed by atoms with Gasteiger partial charge in [-0.1, -0.05) is 60.7 Å². The fraction of sp³-hybridized carbons (Fsp3) is 0.200. The van der Waals surface area contributed by atoms with Crippen molar-refractivity contribution in [1.82, 2.24) is 5.32 Å². The molecule has 0 spiro atoms. The molecule has 3 aromatic carbocycles. The number of rotatable bonds is 9. The molecule has 30 heavy (non-hydrogen) atoms. The summed E-state index contributed by atoms with van der Waals surface area (Å²) >= 11 is 0. The molecule has 3 aromatic rings. The van der Waals surface area contributed by atoms with Crippen molar-refractivity contribution < 1.29 is 14.3 Å². The van der Waals surface area contributed by atoms with Crippen LogP contribution in [0.3, 0.4) is 0 Å². The highest BCUT2D eigenvalue weighted by Crippen LogP contribution is 2.22. The third-order valence-electron chi connectivity index (χ3n) is 4.74. The number of anilines is 1. The van der Waals surface area contributed by atoms with Gasteiger partial charge in [0.15, 0.2) is 0 Å². The summed E-state index contributed by atoms with van der Waals surface area (Å²) in [6, 6.07) is 26.8. The summed E-state index contributed by atoms with van der Waals surface area (Å²) < 4.78 is 5.22. The van der Waals surface area contributed by atoms with E-state index in [2.05, 4.69) is 5.32 Å². The maximum absolute atomic E-state index is 13.0. The van der Waals surface area contributed by atoms with Gasteiger partial charge in [0.2, 0.25) is 11.8 Å². The summed E-state index contributed by atoms with van der Waals surface area (Å²) in [5.74, 6) is 0.594. The lowest BCUT2D eigenvalue weighted by molar-refractivity contribution is -0.121. The van der Waals surface area contributed by atoms with E-state index in [0.717, 1.165) is 22.6 Å². The predicted octanol–water partition coefficient (Wildman–Crippen LogP) is 3.98. The van der Waals surface area contributed by atoms with Crippen LogP contribution in [-0.4, -0.2) is 25.5 Å². The minimum atomic E-state index is -0.0898. The quantitative estimate of drug-likeness (QED) is 0.589. The third-order valence-corrected chi connectivity index (χ3v) is 4.74. The van der Waals surface area contributed by atoms with Crippen LogP contribution in [0.15, 0.2) is 84.9 Å². The number of methoxy groups -OCH3 is 1. The van der Waals surface area contributed by atoms with Gasteiger partial charge in [0.25, 0.3) is 0 Å². The van der Waals surface area contributed by atoms with Gasteiger partial charge in [-0.2, -0.15) is 0 Å². The summed E-state index contributed by atoms with van der Waals surface area (Å²) in [6.07, 6.45) is 0.528. The van der Waals surface area contributed by atoms with Crippen LogP contribution >= 0.6 is 0 Å². The van der Waals surface area contributed by atoms with Crippen LogP contribution < -0.4 is 15.0 Å². The van der Waals surface area contributed by atoms with Crippen LogP contribution in [0.5, 0.6) is 5.75 Å². The van der Waals surface area contributed by atoms with E-state index in [0.29, 0.717) is 19.5 Å². The molecule has 0 aliphatic carbocycles. The molecule has 0 unspecified atom stereocenters. The van der Waals surface area contributed by atoms with E-state index >= 15 is 0 Å². The van der Waals surface area contributed by atoms with E-state index in [4.69, 9.17) is 4.74 Å². The van der Waals surface area contributed by atoms with Crippen molar-refractivity contribution in [2.24, 2.45) is 0 Å². The highest BCUT2D eigenvalue weighted by atomic mass is 16.5. The van der Waals surface area contributed by atoms with Crippen LogP contribution in [0.4, 0.5) is 5.69 Å². The second-order valence-electron chi connectivity index (χ2n) is 6.93. The number of hydrogen-bond donors (Lipinski definition) is 1. The van der Waals surface area contributed by atoms with Gasteiger partial charge < -0.3 is 15.0 Å². The molecule has 0 radical (unpaired) electrons. The zero-order valence-corrected chi connectivity index (χ0v) is 17.1. The normalized spacial score (nSPS) is 10.3. The van der Waals surface area contributed by atoms with Gasteiger partial charge in [0.1, 0.15) is 5.75 Å². The molecule has 5 heteroatoms. The number of amides is 2. The Kier molecular flexibility index (Phi) is 7.61. The first-order chi connectivity index (χ1) is 14.7. The molecule has 0 aliphatic rings. The van der Waals surface area contributed by atoms with Gasteiger partial charge in [-0.15, -0.1) is 0 Å². The van der Waals surface area contributed by atoms with Crippen molar-refractivity contribution in [2.75, 3.05) is 18.6 Å². The highest BCUT2D eigenvalue weighted by molar-refractivity contribution is 5.93. The summed E-state index contributed by atoms with van der Waals surface area (Å²) in [5.41, 5.74) is 2.78. The number of carbonyl (C=O) groups is 2. The number of carbonyl (C=O) groups excluding carboxylic acids is 2. The molecule has 0 heterocycles. The van der Waals surface area contributed by atoms with Crippen LogP contribution in [0.25, 0.3) is 0 Å². The van der Waals surface area contributed by atoms with E-state index in [1.54, 1.807) is 12.0 Å². The van der Waals surface area contributed by atoms with Crippen molar-refractivity contribution in [3.8, 4) is 5.75 Å². The van der Waals surface area contributed by atoms with Crippen LogP contribution in [0, 0.1) is 0 Å². The molecule has 154 valence electrons. The van der Waals surface area contributed by atoms with Crippen molar-refractivity contribution in [3.63, 3.8) is 0 Å². The lowest BCUT2D eigenvalue weighted by atomic mass is 10.1. The van der Waals surface area contributed by atoms with Gasteiger partial charge >= 0.3 is 0 Å². The van der Waals surface area contributed by atoms with Crippen molar-refractivity contribution >= 4 is 17.5 Å². The third kappa shape index (κ3) is 6.21. The van der Waals surface area contributed by atoms with Gasteiger partial charge in [0.05, 0.1) is 20.1 Å². The minimum Gasteiger partial charge on any atom is -0.497 e. The summed E-state index contributed by atoms with van der Waals surface area (Å²) in [6.45, 7) is 0.760. The van der Waals surface area contributed by atoms with Gasteiger partial charge in [-0.3, -0.25) is 9.59 Å². The average Bonchev–Trinajstić information content (AvgIpc) is 2.79. The molecule has 0 aromatic heterocycles. The van der Waals surface area contributed by atoms with Crippen LogP contribution in [-0.2, 0) is 22.6 Å². The number of nitrogens with one attached hydrogen (secondary N) is 1. The Hall–Kier alpha value is -3.60. The van der Waals surface area contributed by atoms with Crippen LogP contribution in [0.1, 0.15) is 17.5 Å². The molecular formula is C25H26N2O3. The summed E-state index contributed by atoms with van der Waals surface area (Å²) in [7, 11) is 1.61. The summed E-state index contributed by atoms with van der Waals surface area (Å²) in [4.78, 5) is 26.9. The Morgan fingerprint density at radius 1 is 0.833 bits per heavy atom. The lowest BCUT2D eigenvalue weighted by Crippen LogP contribution is -2.34. The molecule has 0 atom stereocenters. The Morgan fingerprint density at radius 3 is 2.03 bits per heavy atom. The molecule has 0 bridgehead atoms. The molecule has 1 N–H and O–H groups in total. The van der Waals surface area contributed by atoms with E-state index in [9.17, 15) is 9.59 Å². The van der Waals surface area contributed by atoms with Crippen molar-refractivity contribution in [2.45, 2.75) is 19.4 Å². The molecule has 5 nitrogen and oxygen atoms in total. The fourth-order valence-corrected chi connectivity index (χ4v) is 3.14. The molecule has 0 saturated carbocycles. The number of hydrogen-bond acceptors (Lipinski definition) is 3. The van der Waals surface area contributed by atoms with Crippen molar-refractivity contribution in [3.05, 3.63) is 96.1 Å². The molecule has 0 fully saturated rings. The first-order valence-electron chi connectivity index (χ1n) is 9.94. The summed E-state index contributed by atoms with van der Waals surface area (Å²) in [5, 5.41) is 2.84. The Morgan fingerprint density at radius 2 is 1.43 bits per heavy atom. The number of benzene rings is 3. The van der Waals surface area contributed by atoms with Gasteiger partial charge in [-0.05, 0) is 35.4 Å². The molecule has 0 aliphatic heterocycles. The minimum absolute atomic E-state index is 0.0518. The van der Waals surface area contributed by atoms with E-state index < -0.39 is 0 Å². The molecule has 3 rings (SSSR count). The second-order valence-corrected chi connectivity index (χ2v) is 6.93. The fourth-order valence-electron chi connectivity index (χ4n) is 3.14. The lowest BCUT2D eigenvalue weighted by Gasteiger charge is -2.23. The second kappa shape index (κ2) is 10.8. The number of ether oxygens (including phenoxy) is 1. The maximum Gasteiger partial charge on any atom is 0.229 e. The average molecular weight is 402 g/mol. The zero-order chi connectivity index (χ0) is 21.2. The Labute approximate surface area is 177 Å². The monoisotopic (exact) mass is 402 g/mol. The SMILES string of the molecule is COc1ccc(N(Cc2ccccc2)C(=O)CCNC(=O)Cc2ccccc2)cc1. The first kappa shape index (κ1) is 21.1. The predicted molar refractivity (Wildman–Crippen MR) is 118 cm³/mol. The first-order valence-corrected chi connectivity index (χ1v) is 9.94. The van der Waals surface area contributed by atoms with E-state index in [-0.39, 0.29) is 18.2 Å². The van der Waals surface area contributed by atoms with Crippen LogP contribution in [0.2, 0.25) is 0 Å². The van der Waals surface area contributed by atoms with E-state index in [1.807, 2.05) is 84.9 Å². The highest BCUT2D eigenvalue weighted by Gasteiger charge is 2.17. The van der Waals surface area contributed by atoms with E-state index in [1.165, 1.54) is 0 Å². The molecule has 0 saturated heterocycles. The molecular weight excluding hydrogens is 376 g/mol. The maximum atomic E-state index is 13.0. The van der Waals surface area contributed by atoms with Gasteiger partial charge in [0, 0.05) is 18.7 Å². The zero-order valence-electron chi connectivity index (χ0n) is 17.1. The van der Waals surface area contributed by atoms with Crippen molar-refractivity contribution in [1.29, 1.82) is 0 Å². The molecule has 2 amide bonds. The Balaban J connectivity index is 1.61. The standard InChI is InChI=1S/C25H26N2O3/c1-30-23-14-12-22(13-15-23)27(19-21-10-6-3-7-11-21)25(29)16-17-26-24(28)18-20-8-4-2-5-9-20/h2-15H,16-19H2,1H3,(H,26,28). The smallest absolute Gasteiger partial charge is 0.229 e. The topological polar surface area (TPSA) is 58.6 Å². The van der Waals surface area contributed by atoms with Gasteiger partial charge in [-0.25, -0.2) is 0 Å².